The molecule has 0 radical (unpaired) electrons. The molecule has 0 aromatic heterocycles. The van der Waals surface area contributed by atoms with Gasteiger partial charge >= 0.3 is 12.1 Å². The fourth-order valence-electron chi connectivity index (χ4n) is 4.47. The van der Waals surface area contributed by atoms with E-state index in [1.165, 1.54) is 19.3 Å². The monoisotopic (exact) mass is 307 g/mol. The minimum Gasteiger partial charge on any atom is -0.314 e. The van der Waals surface area contributed by atoms with E-state index in [4.69, 9.17) is 0 Å². The van der Waals surface area contributed by atoms with Crippen molar-refractivity contribution < 1.29 is 9.59 Å². The predicted octanol–water partition coefficient (Wildman–Crippen LogP) is 1.37. The highest BCUT2D eigenvalue weighted by Crippen LogP contribution is 2.36. The van der Waals surface area contributed by atoms with Crippen molar-refractivity contribution >= 4 is 12.1 Å². The van der Waals surface area contributed by atoms with E-state index >= 15 is 0 Å². The lowest BCUT2D eigenvalue weighted by Crippen LogP contribution is -2.59. The van der Waals surface area contributed by atoms with Crippen molar-refractivity contribution in [3.05, 3.63) is 0 Å². The van der Waals surface area contributed by atoms with Crippen molar-refractivity contribution in [1.29, 1.82) is 0 Å². The molecule has 4 aliphatic rings. The summed E-state index contributed by atoms with van der Waals surface area (Å²) in [6, 6.07) is 0.360. The lowest BCUT2D eigenvalue weighted by molar-refractivity contribution is -0.0102. The van der Waals surface area contributed by atoms with Crippen LogP contribution in [0.25, 0.3) is 0 Å². The Balaban J connectivity index is 1.60. The van der Waals surface area contributed by atoms with Gasteiger partial charge < -0.3 is 5.32 Å². The maximum absolute atomic E-state index is 12.9. The van der Waals surface area contributed by atoms with Crippen molar-refractivity contribution in [2.45, 2.75) is 63.8 Å². The molecular formula is C15H25N5O2. The van der Waals surface area contributed by atoms with E-state index in [9.17, 15) is 9.59 Å². The van der Waals surface area contributed by atoms with E-state index in [2.05, 4.69) is 17.1 Å². The number of carbonyl (C=O) groups is 2. The van der Waals surface area contributed by atoms with Crippen LogP contribution in [0.4, 0.5) is 9.59 Å². The zero-order valence-corrected chi connectivity index (χ0v) is 13.2. The van der Waals surface area contributed by atoms with Crippen LogP contribution < -0.4 is 5.32 Å². The van der Waals surface area contributed by atoms with Crippen LogP contribution in [-0.2, 0) is 0 Å². The summed E-state index contributed by atoms with van der Waals surface area (Å²) in [5.41, 5.74) is 0. The molecule has 1 aliphatic carbocycles. The number of hydrogen-bond acceptors (Lipinski definition) is 3. The topological polar surface area (TPSA) is 59.1 Å². The van der Waals surface area contributed by atoms with Gasteiger partial charge in [-0.1, -0.05) is 26.2 Å². The molecule has 4 fully saturated rings. The molecular weight excluding hydrogens is 282 g/mol. The van der Waals surface area contributed by atoms with Gasteiger partial charge in [0.25, 0.3) is 0 Å². The number of hydrogen-bond donors (Lipinski definition) is 1. The average Bonchev–Trinajstić information content (AvgIpc) is 2.99. The second-order valence-electron chi connectivity index (χ2n) is 6.91. The molecule has 7 heteroatoms. The first-order chi connectivity index (χ1) is 10.7. The third-order valence-electron chi connectivity index (χ3n) is 5.43. The summed E-state index contributed by atoms with van der Waals surface area (Å²) in [6.07, 6.45) is 6.52. The molecule has 0 aromatic carbocycles. The Morgan fingerprint density at radius 1 is 1.09 bits per heavy atom. The summed E-state index contributed by atoms with van der Waals surface area (Å²) in [7, 11) is 0. The van der Waals surface area contributed by atoms with E-state index in [0.29, 0.717) is 13.3 Å². The zero-order valence-electron chi connectivity index (χ0n) is 13.2. The molecule has 2 atom stereocenters. The molecule has 3 aliphatic heterocycles. The Morgan fingerprint density at radius 3 is 2.55 bits per heavy atom. The van der Waals surface area contributed by atoms with Gasteiger partial charge in [-0.3, -0.25) is 19.6 Å². The van der Waals surface area contributed by atoms with Gasteiger partial charge in [0.05, 0.1) is 13.3 Å². The molecule has 7 nitrogen and oxygen atoms in total. The van der Waals surface area contributed by atoms with Gasteiger partial charge in [0.1, 0.15) is 6.17 Å². The molecule has 122 valence electrons. The van der Waals surface area contributed by atoms with Crippen LogP contribution in [0.2, 0.25) is 0 Å². The molecule has 3 saturated heterocycles. The largest absolute Gasteiger partial charge is 0.324 e. The van der Waals surface area contributed by atoms with Crippen molar-refractivity contribution in [3.8, 4) is 0 Å². The van der Waals surface area contributed by atoms with E-state index in [1.807, 2.05) is 14.7 Å². The minimum atomic E-state index is -0.160. The van der Waals surface area contributed by atoms with Crippen LogP contribution in [0.1, 0.15) is 45.4 Å². The van der Waals surface area contributed by atoms with Gasteiger partial charge in [-0.15, -0.1) is 0 Å². The third kappa shape index (κ3) is 1.98. The summed E-state index contributed by atoms with van der Waals surface area (Å²) < 4.78 is 0. The second kappa shape index (κ2) is 5.30. The highest BCUT2D eigenvalue weighted by atomic mass is 16.2. The predicted molar refractivity (Wildman–Crippen MR) is 80.6 cm³/mol. The standard InChI is InChI=1S/C15H25N5O2/c1-2-8-17-9-18-13-12(16-14(18)21)20(15(22)19(13)10-17)11-6-4-3-5-7-11/h11-13H,2-10H2,1H3,(H,16,21)/t12-,13-/m0/s1. The molecule has 0 unspecified atom stereocenters. The van der Waals surface area contributed by atoms with Gasteiger partial charge in [-0.2, -0.15) is 0 Å². The van der Waals surface area contributed by atoms with Gasteiger partial charge in [-0.05, 0) is 19.3 Å². The lowest BCUT2D eigenvalue weighted by Gasteiger charge is -2.41. The number of nitrogens with one attached hydrogen (secondary N) is 1. The van der Waals surface area contributed by atoms with Crippen molar-refractivity contribution in [3.63, 3.8) is 0 Å². The van der Waals surface area contributed by atoms with Crippen LogP contribution in [0.15, 0.2) is 0 Å². The van der Waals surface area contributed by atoms with Crippen LogP contribution in [-0.4, -0.2) is 69.9 Å². The summed E-state index contributed by atoms with van der Waals surface area (Å²) in [6.45, 7) is 4.30. The molecule has 4 rings (SSSR count). The maximum atomic E-state index is 12.9. The average molecular weight is 307 g/mol. The quantitative estimate of drug-likeness (QED) is 0.857. The Labute approximate surface area is 131 Å². The first kappa shape index (κ1) is 14.1. The Morgan fingerprint density at radius 2 is 1.82 bits per heavy atom. The maximum Gasteiger partial charge on any atom is 0.324 e. The number of amides is 4. The first-order valence-electron chi connectivity index (χ1n) is 8.59. The number of nitrogens with zero attached hydrogens (tertiary/aromatic N) is 4. The third-order valence-corrected chi connectivity index (χ3v) is 5.43. The van der Waals surface area contributed by atoms with Gasteiger partial charge in [-0.25, -0.2) is 9.59 Å². The molecule has 1 saturated carbocycles. The number of carbonyl (C=O) groups excluding carboxylic acids is 2. The zero-order chi connectivity index (χ0) is 15.3. The SMILES string of the molecule is CCCN1CN2C(=O)N[C@@H]3[C@@H]2N(C1)C(=O)N3C1CCCCC1. The van der Waals surface area contributed by atoms with E-state index in [-0.39, 0.29) is 30.4 Å². The normalized spacial score (nSPS) is 32.7. The van der Waals surface area contributed by atoms with Crippen LogP contribution in [0, 0.1) is 0 Å². The van der Waals surface area contributed by atoms with Crippen LogP contribution in [0.5, 0.6) is 0 Å². The highest BCUT2D eigenvalue weighted by molar-refractivity contribution is 5.85. The number of rotatable bonds is 3. The van der Waals surface area contributed by atoms with Gasteiger partial charge in [0.2, 0.25) is 0 Å². The number of urea groups is 2. The molecule has 3 heterocycles. The molecule has 1 N–H and O–H groups in total. The van der Waals surface area contributed by atoms with Gasteiger partial charge in [0.15, 0.2) is 6.17 Å². The summed E-state index contributed by atoms with van der Waals surface area (Å²) in [5.74, 6) is 0. The van der Waals surface area contributed by atoms with Crippen molar-refractivity contribution in [2.24, 2.45) is 0 Å². The Kier molecular flexibility index (Phi) is 3.40. The van der Waals surface area contributed by atoms with E-state index < -0.39 is 0 Å². The highest BCUT2D eigenvalue weighted by Gasteiger charge is 2.58. The lowest BCUT2D eigenvalue weighted by atomic mass is 9.94. The Hall–Kier alpha value is -1.50. The van der Waals surface area contributed by atoms with Crippen LogP contribution in [0.3, 0.4) is 0 Å². The van der Waals surface area contributed by atoms with E-state index in [1.54, 1.807) is 0 Å². The second-order valence-corrected chi connectivity index (χ2v) is 6.91. The summed E-state index contributed by atoms with van der Waals surface area (Å²) >= 11 is 0. The molecule has 22 heavy (non-hydrogen) atoms. The van der Waals surface area contributed by atoms with Gasteiger partial charge in [0, 0.05) is 12.6 Å². The smallest absolute Gasteiger partial charge is 0.314 e. The first-order valence-corrected chi connectivity index (χ1v) is 8.59. The molecule has 0 spiro atoms. The minimum absolute atomic E-state index is 0.0332. The van der Waals surface area contributed by atoms with Crippen molar-refractivity contribution in [1.82, 2.24) is 24.9 Å². The fourth-order valence-corrected chi connectivity index (χ4v) is 4.47. The molecule has 0 aromatic rings. The Bertz CT molecular complexity index is 479. The van der Waals surface area contributed by atoms with E-state index in [0.717, 1.165) is 25.8 Å². The summed E-state index contributed by atoms with van der Waals surface area (Å²) in [4.78, 5) is 33.1. The van der Waals surface area contributed by atoms with Crippen molar-refractivity contribution in [2.75, 3.05) is 19.9 Å². The molecule has 4 amide bonds. The fraction of sp³-hybridized carbons (Fsp3) is 0.867. The summed E-state index contributed by atoms with van der Waals surface area (Å²) in [5, 5.41) is 3.05. The molecule has 0 bridgehead atoms. The van der Waals surface area contributed by atoms with Crippen LogP contribution >= 0.6 is 0 Å².